The Bertz CT molecular complexity index is 4200. The third-order valence-electron chi connectivity index (χ3n) is 20.0. The average Bonchev–Trinajstić information content (AvgIpc) is 2.05. The van der Waals surface area contributed by atoms with E-state index in [2.05, 4.69) is 293 Å². The van der Waals surface area contributed by atoms with E-state index in [-0.39, 0.29) is 33.8 Å². The van der Waals surface area contributed by atoms with Gasteiger partial charge in [-0.05, 0) is 200 Å². The molecule has 3 nitrogen and oxygen atoms in total. The van der Waals surface area contributed by atoms with E-state index in [1.165, 1.54) is 128 Å². The van der Waals surface area contributed by atoms with E-state index in [1.807, 2.05) is 11.3 Å². The Morgan fingerprint density at radius 3 is 1.60 bits per heavy atom. The maximum atomic E-state index is 2.76. The number of para-hydroxylation sites is 2. The van der Waals surface area contributed by atoms with Crippen molar-refractivity contribution in [3.63, 3.8) is 0 Å². The van der Waals surface area contributed by atoms with Crippen molar-refractivity contribution in [1.82, 2.24) is 0 Å². The smallest absolute Gasteiger partial charge is 0.264 e. The molecule has 5 heteroatoms. The zero-order valence-electron chi connectivity index (χ0n) is 51.1. The number of hydrogen-bond donors (Lipinski definition) is 0. The Hall–Kier alpha value is -7.60. The van der Waals surface area contributed by atoms with Crippen molar-refractivity contribution in [1.29, 1.82) is 0 Å². The standard InChI is InChI=1S/C78H78BN3S/c1-49-24-20-22-30-64(49)80(65-31-23-21-25-50(65)2)56-45-68-71-69(46-56)82(66-37-33-54(74(3,4)5)43-57(66)52-28-18-15-19-29-52)67-42-53(51-26-16-14-17-27-51)32-36-63(67)79(71)73-72(58-47-61-62(48-70(58)83-73)78(12,13)41-40-77(61,10)11)81(68)55-34-35-59-60(44-55)76(8,9)39-38-75(59,6)7/h14-37,42-48H,38-41H2,1-13H3. The third kappa shape index (κ3) is 8.57. The lowest BCUT2D eigenvalue weighted by Gasteiger charge is -2.46. The van der Waals surface area contributed by atoms with Crippen molar-refractivity contribution in [3.8, 4) is 22.3 Å². The van der Waals surface area contributed by atoms with Crippen LogP contribution in [0, 0.1) is 13.8 Å². The maximum absolute atomic E-state index is 2.76. The molecule has 0 bridgehead atoms. The van der Waals surface area contributed by atoms with Crippen LogP contribution in [0.15, 0.2) is 188 Å². The first-order valence-corrected chi connectivity index (χ1v) is 31.3. The summed E-state index contributed by atoms with van der Waals surface area (Å²) in [5.41, 5.74) is 28.0. The second kappa shape index (κ2) is 19.0. The van der Waals surface area contributed by atoms with Gasteiger partial charge in [0.05, 0.1) is 17.1 Å². The lowest BCUT2D eigenvalue weighted by Crippen LogP contribution is -2.60. The summed E-state index contributed by atoms with van der Waals surface area (Å²) in [5, 5.41) is 1.35. The molecule has 0 atom stereocenters. The molecule has 3 heterocycles. The largest absolute Gasteiger partial charge is 0.311 e. The number of benzene rings is 9. The van der Waals surface area contributed by atoms with Gasteiger partial charge < -0.3 is 14.7 Å². The summed E-state index contributed by atoms with van der Waals surface area (Å²) in [6.45, 7) is 31.3. The average molecular weight is 1100 g/mol. The minimum absolute atomic E-state index is 0.000410. The molecule has 0 fully saturated rings. The van der Waals surface area contributed by atoms with E-state index in [1.54, 1.807) is 0 Å². The van der Waals surface area contributed by atoms with E-state index in [0.717, 1.165) is 35.6 Å². The van der Waals surface area contributed by atoms with E-state index >= 15 is 0 Å². The van der Waals surface area contributed by atoms with Crippen molar-refractivity contribution in [2.24, 2.45) is 0 Å². The summed E-state index contributed by atoms with van der Waals surface area (Å²) in [7, 11) is 0. The summed E-state index contributed by atoms with van der Waals surface area (Å²) < 4.78 is 2.78. The highest BCUT2D eigenvalue weighted by Crippen LogP contribution is 2.56. The maximum Gasteiger partial charge on any atom is 0.264 e. The fourth-order valence-electron chi connectivity index (χ4n) is 14.8. The fraction of sp³-hybridized carbons (Fsp3) is 0.282. The fourth-order valence-corrected chi connectivity index (χ4v) is 16.1. The van der Waals surface area contributed by atoms with Crippen LogP contribution in [0.3, 0.4) is 0 Å². The van der Waals surface area contributed by atoms with Gasteiger partial charge in [-0.2, -0.15) is 0 Å². The molecule has 0 N–H and O–H groups in total. The Balaban J connectivity index is 1.17. The lowest BCUT2D eigenvalue weighted by molar-refractivity contribution is 0.332. The van der Waals surface area contributed by atoms with Crippen molar-refractivity contribution in [2.45, 2.75) is 143 Å². The normalized spacial score (nSPS) is 16.9. The van der Waals surface area contributed by atoms with E-state index in [9.17, 15) is 0 Å². The molecule has 4 aliphatic rings. The Morgan fingerprint density at radius 2 is 1.00 bits per heavy atom. The molecule has 414 valence electrons. The van der Waals surface area contributed by atoms with Gasteiger partial charge in [0, 0.05) is 54.6 Å². The molecule has 83 heavy (non-hydrogen) atoms. The van der Waals surface area contributed by atoms with Crippen molar-refractivity contribution in [2.75, 3.05) is 14.7 Å². The highest BCUT2D eigenvalue weighted by atomic mass is 32.1. The van der Waals surface area contributed by atoms with Gasteiger partial charge in [0.1, 0.15) is 0 Å². The quantitative estimate of drug-likeness (QED) is 0.147. The van der Waals surface area contributed by atoms with E-state index < -0.39 is 0 Å². The summed E-state index contributed by atoms with van der Waals surface area (Å²) >= 11 is 2.04. The molecule has 0 saturated carbocycles. The molecule has 0 unspecified atom stereocenters. The van der Waals surface area contributed by atoms with E-state index in [4.69, 9.17) is 0 Å². The number of rotatable bonds is 7. The number of nitrogens with zero attached hydrogens (tertiary/aromatic N) is 3. The van der Waals surface area contributed by atoms with Gasteiger partial charge >= 0.3 is 0 Å². The minimum atomic E-state index is -0.0749. The zero-order chi connectivity index (χ0) is 57.7. The van der Waals surface area contributed by atoms with E-state index in [0.29, 0.717) is 0 Å². The zero-order valence-corrected chi connectivity index (χ0v) is 51.9. The SMILES string of the molecule is Cc1ccccc1N(c1cc2c3c(c1)N(c1ccc4c(c1)C(C)(C)CCC4(C)C)c1c(sc4cc5c(cc14)C(C)(C)CCC5(C)C)B3c1ccc(-c3ccccc3)cc1N2c1ccc(C(C)(C)C)cc1-c1ccccc1)c1ccccc1C. The van der Waals surface area contributed by atoms with Crippen LogP contribution in [0.2, 0.25) is 0 Å². The highest BCUT2D eigenvalue weighted by Gasteiger charge is 2.48. The first-order valence-electron chi connectivity index (χ1n) is 30.5. The van der Waals surface area contributed by atoms with Crippen molar-refractivity contribution < 1.29 is 0 Å². The summed E-state index contributed by atoms with van der Waals surface area (Å²) in [6, 6.07) is 72.9. The second-order valence-electron chi connectivity index (χ2n) is 28.4. The van der Waals surface area contributed by atoms with Crippen LogP contribution < -0.4 is 30.4 Å². The van der Waals surface area contributed by atoms with Crippen LogP contribution in [-0.2, 0) is 27.1 Å². The molecular formula is C78H78BN3S. The summed E-state index contributed by atoms with van der Waals surface area (Å²) in [5.74, 6) is 0. The van der Waals surface area contributed by atoms with Crippen LogP contribution in [0.1, 0.15) is 141 Å². The predicted molar refractivity (Wildman–Crippen MR) is 360 cm³/mol. The van der Waals surface area contributed by atoms with Crippen molar-refractivity contribution >= 4 is 95.0 Å². The molecule has 14 rings (SSSR count). The minimum Gasteiger partial charge on any atom is -0.311 e. The highest BCUT2D eigenvalue weighted by molar-refractivity contribution is 7.33. The van der Waals surface area contributed by atoms with Gasteiger partial charge in [-0.3, -0.25) is 0 Å². The molecule has 9 aromatic carbocycles. The van der Waals surface area contributed by atoms with Gasteiger partial charge in [-0.25, -0.2) is 0 Å². The summed E-state index contributed by atoms with van der Waals surface area (Å²) in [6.07, 6.45) is 4.64. The van der Waals surface area contributed by atoms with Gasteiger partial charge in [0.2, 0.25) is 0 Å². The third-order valence-corrected chi connectivity index (χ3v) is 21.2. The van der Waals surface area contributed by atoms with Gasteiger partial charge in [-0.15, -0.1) is 11.3 Å². The molecule has 0 spiro atoms. The molecule has 2 aliphatic heterocycles. The first kappa shape index (κ1) is 53.4. The Labute approximate surface area is 498 Å². The number of thiophene rings is 1. The topological polar surface area (TPSA) is 9.72 Å². The van der Waals surface area contributed by atoms with Gasteiger partial charge in [-0.1, -0.05) is 197 Å². The van der Waals surface area contributed by atoms with Crippen molar-refractivity contribution in [3.05, 3.63) is 227 Å². The summed E-state index contributed by atoms with van der Waals surface area (Å²) in [4.78, 5) is 8.00. The molecule has 10 aromatic rings. The molecule has 2 aliphatic carbocycles. The van der Waals surface area contributed by atoms with Crippen LogP contribution in [0.25, 0.3) is 32.3 Å². The molecule has 0 saturated heterocycles. The first-order chi connectivity index (χ1) is 39.6. The molecule has 0 amide bonds. The molecule has 0 radical (unpaired) electrons. The van der Waals surface area contributed by atoms with Crippen LogP contribution in [-0.4, -0.2) is 6.71 Å². The number of anilines is 9. The Kier molecular flexibility index (Phi) is 12.2. The van der Waals surface area contributed by atoms with Crippen LogP contribution >= 0.6 is 11.3 Å². The van der Waals surface area contributed by atoms with Gasteiger partial charge in [0.25, 0.3) is 6.71 Å². The molecule has 1 aromatic heterocycles. The molecular weight excluding hydrogens is 1020 g/mol. The number of hydrogen-bond acceptors (Lipinski definition) is 4. The number of fused-ring (bicyclic) bond motifs is 8. The predicted octanol–water partition coefficient (Wildman–Crippen LogP) is 20.4. The number of aryl methyl sites for hydroxylation is 2. The second-order valence-corrected chi connectivity index (χ2v) is 29.5. The Morgan fingerprint density at radius 1 is 0.458 bits per heavy atom. The van der Waals surface area contributed by atoms with Gasteiger partial charge in [0.15, 0.2) is 0 Å². The van der Waals surface area contributed by atoms with Crippen LogP contribution in [0.5, 0.6) is 0 Å². The monoisotopic (exact) mass is 1100 g/mol. The lowest BCUT2D eigenvalue weighted by atomic mass is 9.36. The van der Waals surface area contributed by atoms with Crippen LogP contribution in [0.4, 0.5) is 51.2 Å².